The molecule has 6 heteroatoms. The van der Waals surface area contributed by atoms with Crippen molar-refractivity contribution in [2.45, 2.75) is 32.6 Å². The summed E-state index contributed by atoms with van der Waals surface area (Å²) in [6.45, 7) is 9.58. The number of unbranched alkanes of at least 4 members (excludes halogenated alkanes) is 2. The Bertz CT molecular complexity index is 214. The SMILES string of the molecule is CCCCNCCNCCNCCCCNCC(N)=O. The molecule has 1 amide bonds. The second-order valence-corrected chi connectivity index (χ2v) is 4.95. The first kappa shape index (κ1) is 19.3. The van der Waals surface area contributed by atoms with Crippen molar-refractivity contribution in [1.82, 2.24) is 21.3 Å². The summed E-state index contributed by atoms with van der Waals surface area (Å²) in [4.78, 5) is 10.5. The molecule has 0 atom stereocenters. The molecule has 0 aliphatic carbocycles. The van der Waals surface area contributed by atoms with Crippen molar-refractivity contribution in [2.75, 3.05) is 52.4 Å². The largest absolute Gasteiger partial charge is 0.369 e. The zero-order valence-electron chi connectivity index (χ0n) is 13.0. The first-order valence-electron chi connectivity index (χ1n) is 7.88. The Hall–Kier alpha value is -0.690. The van der Waals surface area contributed by atoms with Crippen LogP contribution in [-0.2, 0) is 4.79 Å². The molecule has 0 bridgehead atoms. The van der Waals surface area contributed by atoms with Crippen LogP contribution in [0.1, 0.15) is 32.6 Å². The summed E-state index contributed by atoms with van der Waals surface area (Å²) < 4.78 is 0. The van der Waals surface area contributed by atoms with Crippen molar-refractivity contribution in [3.63, 3.8) is 0 Å². The van der Waals surface area contributed by atoms with E-state index in [1.807, 2.05) is 0 Å². The zero-order chi connectivity index (χ0) is 14.9. The number of nitrogens with two attached hydrogens (primary N) is 1. The van der Waals surface area contributed by atoms with Crippen molar-refractivity contribution in [2.24, 2.45) is 5.73 Å². The summed E-state index contributed by atoms with van der Waals surface area (Å²) in [5, 5.41) is 13.2. The number of carbonyl (C=O) groups is 1. The van der Waals surface area contributed by atoms with E-state index in [2.05, 4.69) is 28.2 Å². The Kier molecular flexibility index (Phi) is 15.8. The van der Waals surface area contributed by atoms with Gasteiger partial charge < -0.3 is 27.0 Å². The van der Waals surface area contributed by atoms with Gasteiger partial charge in [0.1, 0.15) is 0 Å². The lowest BCUT2D eigenvalue weighted by atomic mass is 10.3. The molecule has 0 radical (unpaired) electrons. The zero-order valence-corrected chi connectivity index (χ0v) is 13.0. The number of hydrogen-bond acceptors (Lipinski definition) is 5. The summed E-state index contributed by atoms with van der Waals surface area (Å²) in [6, 6.07) is 0. The molecular weight excluding hydrogens is 254 g/mol. The summed E-state index contributed by atoms with van der Waals surface area (Å²) in [6.07, 6.45) is 4.69. The lowest BCUT2D eigenvalue weighted by Crippen LogP contribution is -2.33. The van der Waals surface area contributed by atoms with Crippen LogP contribution in [0.15, 0.2) is 0 Å². The minimum absolute atomic E-state index is 0.281. The fourth-order valence-electron chi connectivity index (χ4n) is 1.74. The maximum absolute atomic E-state index is 10.5. The van der Waals surface area contributed by atoms with Gasteiger partial charge in [0.2, 0.25) is 5.91 Å². The molecule has 0 heterocycles. The molecule has 20 heavy (non-hydrogen) atoms. The standard InChI is InChI=1S/C14H33N5O/c1-2-3-6-16-9-11-18-12-10-17-7-4-5-8-19-13-14(15)20/h16-19H,2-13H2,1H3,(H2,15,20). The average molecular weight is 287 g/mol. The number of primary amides is 1. The van der Waals surface area contributed by atoms with Gasteiger partial charge >= 0.3 is 0 Å². The second kappa shape index (κ2) is 16.4. The van der Waals surface area contributed by atoms with Crippen molar-refractivity contribution in [1.29, 1.82) is 0 Å². The van der Waals surface area contributed by atoms with Gasteiger partial charge in [-0.25, -0.2) is 0 Å². The molecule has 0 aromatic carbocycles. The van der Waals surface area contributed by atoms with Crippen LogP contribution in [0, 0.1) is 0 Å². The molecule has 0 rings (SSSR count). The van der Waals surface area contributed by atoms with Crippen molar-refractivity contribution in [3.05, 3.63) is 0 Å². The molecule has 0 unspecified atom stereocenters. The molecule has 0 spiro atoms. The minimum Gasteiger partial charge on any atom is -0.369 e. The number of rotatable bonds is 16. The van der Waals surface area contributed by atoms with E-state index in [0.29, 0.717) is 0 Å². The molecule has 0 aliphatic rings. The summed E-state index contributed by atoms with van der Waals surface area (Å²) in [5.41, 5.74) is 5.02. The maximum Gasteiger partial charge on any atom is 0.231 e. The number of amides is 1. The second-order valence-electron chi connectivity index (χ2n) is 4.95. The van der Waals surface area contributed by atoms with E-state index in [-0.39, 0.29) is 12.5 Å². The van der Waals surface area contributed by atoms with E-state index < -0.39 is 0 Å². The first-order chi connectivity index (χ1) is 9.77. The van der Waals surface area contributed by atoms with Crippen LogP contribution >= 0.6 is 0 Å². The van der Waals surface area contributed by atoms with E-state index in [0.717, 1.165) is 58.7 Å². The van der Waals surface area contributed by atoms with Gasteiger partial charge in [0.25, 0.3) is 0 Å². The van der Waals surface area contributed by atoms with Crippen molar-refractivity contribution < 1.29 is 4.79 Å². The number of carbonyl (C=O) groups excluding carboxylic acids is 1. The molecule has 0 aromatic heterocycles. The van der Waals surface area contributed by atoms with Crippen LogP contribution in [0.3, 0.4) is 0 Å². The van der Waals surface area contributed by atoms with Crippen molar-refractivity contribution in [3.8, 4) is 0 Å². The van der Waals surface area contributed by atoms with Crippen LogP contribution < -0.4 is 27.0 Å². The first-order valence-corrected chi connectivity index (χ1v) is 7.88. The molecule has 0 aliphatic heterocycles. The lowest BCUT2D eigenvalue weighted by Gasteiger charge is -2.07. The normalized spacial score (nSPS) is 10.8. The van der Waals surface area contributed by atoms with Crippen LogP contribution in [0.5, 0.6) is 0 Å². The molecule has 0 aromatic rings. The highest BCUT2D eigenvalue weighted by Crippen LogP contribution is 1.83. The van der Waals surface area contributed by atoms with Gasteiger partial charge in [-0.3, -0.25) is 4.79 Å². The summed E-state index contributed by atoms with van der Waals surface area (Å²) in [5.74, 6) is -0.293. The molecule has 0 saturated heterocycles. The molecule has 120 valence electrons. The van der Waals surface area contributed by atoms with E-state index >= 15 is 0 Å². The highest BCUT2D eigenvalue weighted by Gasteiger charge is 1.93. The Labute approximate surface area is 123 Å². The van der Waals surface area contributed by atoms with Gasteiger partial charge in [-0.15, -0.1) is 0 Å². The third-order valence-corrected chi connectivity index (χ3v) is 2.92. The third-order valence-electron chi connectivity index (χ3n) is 2.92. The molecule has 6 N–H and O–H groups in total. The average Bonchev–Trinajstić information content (AvgIpc) is 2.43. The van der Waals surface area contributed by atoms with Crippen LogP contribution in [0.4, 0.5) is 0 Å². The smallest absolute Gasteiger partial charge is 0.231 e. The van der Waals surface area contributed by atoms with E-state index in [1.165, 1.54) is 12.8 Å². The topological polar surface area (TPSA) is 91.2 Å². The molecule has 0 fully saturated rings. The van der Waals surface area contributed by atoms with E-state index in [1.54, 1.807) is 0 Å². The summed E-state index contributed by atoms with van der Waals surface area (Å²) >= 11 is 0. The van der Waals surface area contributed by atoms with Crippen LogP contribution in [0.25, 0.3) is 0 Å². The third kappa shape index (κ3) is 17.3. The Morgan fingerprint density at radius 2 is 1.20 bits per heavy atom. The minimum atomic E-state index is -0.293. The van der Waals surface area contributed by atoms with Gasteiger partial charge in [0.15, 0.2) is 0 Å². The Balaban J connectivity index is 2.94. The molecule has 0 saturated carbocycles. The van der Waals surface area contributed by atoms with Gasteiger partial charge in [-0.05, 0) is 38.9 Å². The number of nitrogens with one attached hydrogen (secondary N) is 4. The quantitative estimate of drug-likeness (QED) is 0.245. The van der Waals surface area contributed by atoms with E-state index in [9.17, 15) is 4.79 Å². The Morgan fingerprint density at radius 1 is 0.750 bits per heavy atom. The van der Waals surface area contributed by atoms with Gasteiger partial charge in [0.05, 0.1) is 6.54 Å². The fraction of sp³-hybridized carbons (Fsp3) is 0.929. The predicted molar refractivity (Wildman–Crippen MR) is 84.8 cm³/mol. The van der Waals surface area contributed by atoms with Gasteiger partial charge in [-0.2, -0.15) is 0 Å². The fourth-order valence-corrected chi connectivity index (χ4v) is 1.74. The van der Waals surface area contributed by atoms with Crippen LogP contribution in [-0.4, -0.2) is 58.3 Å². The molecule has 6 nitrogen and oxygen atoms in total. The number of hydrogen-bond donors (Lipinski definition) is 5. The van der Waals surface area contributed by atoms with E-state index in [4.69, 9.17) is 5.73 Å². The van der Waals surface area contributed by atoms with Crippen LogP contribution in [0.2, 0.25) is 0 Å². The predicted octanol–water partition coefficient (Wildman–Crippen LogP) is -0.590. The highest BCUT2D eigenvalue weighted by atomic mass is 16.1. The molecular formula is C14H33N5O. The lowest BCUT2D eigenvalue weighted by molar-refractivity contribution is -0.117. The van der Waals surface area contributed by atoms with Gasteiger partial charge in [-0.1, -0.05) is 13.3 Å². The monoisotopic (exact) mass is 287 g/mol. The highest BCUT2D eigenvalue weighted by molar-refractivity contribution is 5.75. The van der Waals surface area contributed by atoms with Crippen molar-refractivity contribution >= 4 is 5.91 Å². The van der Waals surface area contributed by atoms with Gasteiger partial charge in [0, 0.05) is 26.2 Å². The Morgan fingerprint density at radius 3 is 1.70 bits per heavy atom. The summed E-state index contributed by atoms with van der Waals surface area (Å²) in [7, 11) is 0. The maximum atomic E-state index is 10.5.